The van der Waals surface area contributed by atoms with Crippen LogP contribution in [0.1, 0.15) is 40.2 Å². The minimum Gasteiger partial charge on any atom is -0.462 e. The summed E-state index contributed by atoms with van der Waals surface area (Å²) in [7, 11) is -1.91. The van der Waals surface area contributed by atoms with Gasteiger partial charge >= 0.3 is 5.97 Å². The molecule has 0 heterocycles. The first-order chi connectivity index (χ1) is 14.5. The van der Waals surface area contributed by atoms with Gasteiger partial charge in [-0.05, 0) is 36.7 Å². The quantitative estimate of drug-likeness (QED) is 0.160. The maximum atomic E-state index is 11.1. The number of rotatable bonds is 12. The van der Waals surface area contributed by atoms with Crippen LogP contribution in [0.2, 0.25) is 18.1 Å². The van der Waals surface area contributed by atoms with E-state index in [0.717, 1.165) is 18.7 Å². The van der Waals surface area contributed by atoms with E-state index in [-0.39, 0.29) is 23.7 Å². The van der Waals surface area contributed by atoms with Gasteiger partial charge in [0.2, 0.25) is 0 Å². The number of hydrogen-bond acceptors (Lipinski definition) is 4. The molecule has 0 amide bonds. The minimum atomic E-state index is -1.91. The van der Waals surface area contributed by atoms with Crippen molar-refractivity contribution in [3.8, 4) is 0 Å². The second kappa shape index (κ2) is 13.2. The summed E-state index contributed by atoms with van der Waals surface area (Å²) in [5.41, 5.74) is 2.39. The Kier molecular flexibility index (Phi) is 11.8. The van der Waals surface area contributed by atoms with E-state index in [0.29, 0.717) is 12.5 Å². The molecule has 0 aliphatic rings. The van der Waals surface area contributed by atoms with Gasteiger partial charge in [0.25, 0.3) is 0 Å². The van der Waals surface area contributed by atoms with Gasteiger partial charge in [0.05, 0.1) is 12.6 Å². The Hall–Kier alpha value is -1.40. The number of allylic oxidation sites excluding steroid dienone is 1. The number of benzene rings is 1. The molecule has 0 bridgehead atoms. The molecular weight excluding hydrogens is 426 g/mol. The minimum absolute atomic E-state index is 0.0456. The monoisotopic (exact) mass is 465 g/mol. The van der Waals surface area contributed by atoms with Gasteiger partial charge in [0, 0.05) is 25.9 Å². The van der Waals surface area contributed by atoms with Crippen molar-refractivity contribution in [3.63, 3.8) is 0 Å². The topological polar surface area (TPSA) is 38.8 Å². The van der Waals surface area contributed by atoms with Crippen molar-refractivity contribution in [2.24, 2.45) is 0 Å². The second-order valence-electron chi connectivity index (χ2n) is 9.47. The molecule has 0 unspecified atom stereocenters. The third-order valence-corrected chi connectivity index (χ3v) is 10.7. The fourth-order valence-corrected chi connectivity index (χ4v) is 3.76. The largest absolute Gasteiger partial charge is 0.462 e. The van der Waals surface area contributed by atoms with E-state index in [1.54, 1.807) is 0 Å². The Morgan fingerprint density at radius 1 is 1.19 bits per heavy atom. The van der Waals surface area contributed by atoms with Crippen LogP contribution in [0.5, 0.6) is 0 Å². The fourth-order valence-electron chi connectivity index (χ4n) is 2.63. The SMILES string of the molecule is CC(=O)OC/C=C/[C@@H](CO[Si](C)(C)C(C)(C)C)N(C/C=C(\C)CCl)Cc1ccccc1. The highest BCUT2D eigenvalue weighted by molar-refractivity contribution is 6.74. The molecule has 0 fully saturated rings. The molecule has 0 aliphatic carbocycles. The molecule has 0 aliphatic heterocycles. The van der Waals surface area contributed by atoms with Crippen molar-refractivity contribution in [1.29, 1.82) is 0 Å². The van der Waals surface area contributed by atoms with Gasteiger partial charge in [-0.15, -0.1) is 11.6 Å². The molecule has 1 aromatic rings. The average Bonchev–Trinajstić information content (AvgIpc) is 2.70. The standard InChI is InChI=1S/C25H40ClNO3Si/c1-21(18-26)15-16-27(19-23-12-9-8-10-13-23)24(14-11-17-29-22(2)28)20-30-31(6,7)25(3,4)5/h8-15,24H,16-20H2,1-7H3/b14-11+,21-15+/t24-/m0/s1. The Balaban J connectivity index is 3.12. The molecule has 0 saturated heterocycles. The van der Waals surface area contributed by atoms with Gasteiger partial charge in [0.15, 0.2) is 8.32 Å². The number of hydrogen-bond donors (Lipinski definition) is 0. The molecule has 174 valence electrons. The van der Waals surface area contributed by atoms with Gasteiger partial charge in [0.1, 0.15) is 6.61 Å². The molecule has 0 aromatic heterocycles. The molecule has 1 atom stereocenters. The van der Waals surface area contributed by atoms with Gasteiger partial charge in [-0.1, -0.05) is 68.8 Å². The lowest BCUT2D eigenvalue weighted by molar-refractivity contribution is -0.139. The van der Waals surface area contributed by atoms with Crippen LogP contribution in [-0.2, 0) is 20.5 Å². The molecule has 1 rings (SSSR count). The third kappa shape index (κ3) is 10.6. The van der Waals surface area contributed by atoms with Crippen molar-refractivity contribution in [2.75, 3.05) is 25.6 Å². The van der Waals surface area contributed by atoms with E-state index in [9.17, 15) is 4.79 Å². The number of esters is 1. The van der Waals surface area contributed by atoms with E-state index >= 15 is 0 Å². The van der Waals surface area contributed by atoms with Crippen molar-refractivity contribution in [2.45, 2.75) is 65.3 Å². The van der Waals surface area contributed by atoms with E-state index in [1.807, 2.05) is 19.1 Å². The Bertz CT molecular complexity index is 726. The summed E-state index contributed by atoms with van der Waals surface area (Å²) < 4.78 is 11.7. The van der Waals surface area contributed by atoms with Crippen molar-refractivity contribution < 1.29 is 14.0 Å². The van der Waals surface area contributed by atoms with Crippen LogP contribution in [0.15, 0.2) is 54.1 Å². The lowest BCUT2D eigenvalue weighted by Crippen LogP contribution is -2.45. The maximum absolute atomic E-state index is 11.1. The molecule has 0 spiro atoms. The first kappa shape index (κ1) is 27.6. The zero-order valence-electron chi connectivity index (χ0n) is 20.3. The summed E-state index contributed by atoms with van der Waals surface area (Å²) >= 11 is 6.01. The smallest absolute Gasteiger partial charge is 0.302 e. The predicted octanol–water partition coefficient (Wildman–Crippen LogP) is 6.18. The van der Waals surface area contributed by atoms with Crippen LogP contribution < -0.4 is 0 Å². The molecular formula is C25H40ClNO3Si. The number of carbonyl (C=O) groups excluding carboxylic acids is 1. The van der Waals surface area contributed by atoms with Crippen LogP contribution in [-0.4, -0.2) is 50.9 Å². The Morgan fingerprint density at radius 3 is 2.39 bits per heavy atom. The summed E-state index contributed by atoms with van der Waals surface area (Å²) in [6, 6.07) is 10.5. The number of alkyl halides is 1. The highest BCUT2D eigenvalue weighted by Gasteiger charge is 2.37. The summed E-state index contributed by atoms with van der Waals surface area (Å²) in [5.74, 6) is 0.243. The van der Waals surface area contributed by atoms with Crippen molar-refractivity contribution in [3.05, 3.63) is 59.7 Å². The van der Waals surface area contributed by atoms with Gasteiger partial charge in [-0.25, -0.2) is 0 Å². The first-order valence-corrected chi connectivity index (χ1v) is 14.3. The number of nitrogens with zero attached hydrogens (tertiary/aromatic N) is 1. The van der Waals surface area contributed by atoms with E-state index in [1.165, 1.54) is 12.5 Å². The van der Waals surface area contributed by atoms with Crippen LogP contribution in [0.3, 0.4) is 0 Å². The summed E-state index contributed by atoms with van der Waals surface area (Å²) in [6.07, 6.45) is 6.19. The normalized spacial score (nSPS) is 14.3. The predicted molar refractivity (Wildman–Crippen MR) is 134 cm³/mol. The molecule has 31 heavy (non-hydrogen) atoms. The second-order valence-corrected chi connectivity index (χ2v) is 14.5. The Morgan fingerprint density at radius 2 is 1.84 bits per heavy atom. The summed E-state index contributed by atoms with van der Waals surface area (Å²) in [6.45, 7) is 17.2. The van der Waals surface area contributed by atoms with Crippen LogP contribution >= 0.6 is 11.6 Å². The van der Waals surface area contributed by atoms with Crippen LogP contribution in [0.25, 0.3) is 0 Å². The Labute approximate surface area is 195 Å². The van der Waals surface area contributed by atoms with Gasteiger partial charge < -0.3 is 9.16 Å². The fraction of sp³-hybridized carbons (Fsp3) is 0.560. The molecule has 6 heteroatoms. The van der Waals surface area contributed by atoms with Crippen molar-refractivity contribution >= 4 is 25.9 Å². The molecule has 0 radical (unpaired) electrons. The zero-order valence-corrected chi connectivity index (χ0v) is 22.0. The van der Waals surface area contributed by atoms with Crippen LogP contribution in [0, 0.1) is 0 Å². The van der Waals surface area contributed by atoms with E-state index < -0.39 is 8.32 Å². The molecule has 0 saturated carbocycles. The number of ether oxygens (including phenoxy) is 1. The highest BCUT2D eigenvalue weighted by atomic mass is 35.5. The van der Waals surface area contributed by atoms with Crippen molar-refractivity contribution in [1.82, 2.24) is 4.90 Å². The lowest BCUT2D eigenvalue weighted by Gasteiger charge is -2.38. The summed E-state index contributed by atoms with van der Waals surface area (Å²) in [5, 5.41) is 0.137. The summed E-state index contributed by atoms with van der Waals surface area (Å²) in [4.78, 5) is 13.5. The molecule has 4 nitrogen and oxygen atoms in total. The van der Waals surface area contributed by atoms with E-state index in [2.05, 4.69) is 75.2 Å². The molecule has 0 N–H and O–H groups in total. The third-order valence-electron chi connectivity index (χ3n) is 5.74. The highest BCUT2D eigenvalue weighted by Crippen LogP contribution is 2.36. The zero-order chi connectivity index (χ0) is 23.5. The van der Waals surface area contributed by atoms with Gasteiger partial charge in [-0.2, -0.15) is 0 Å². The number of carbonyl (C=O) groups is 1. The first-order valence-electron chi connectivity index (χ1n) is 10.9. The van der Waals surface area contributed by atoms with E-state index in [4.69, 9.17) is 20.8 Å². The van der Waals surface area contributed by atoms with Crippen LogP contribution in [0.4, 0.5) is 0 Å². The maximum Gasteiger partial charge on any atom is 0.302 e. The molecule has 1 aromatic carbocycles. The lowest BCUT2D eigenvalue weighted by atomic mass is 10.1. The number of halogens is 1. The average molecular weight is 466 g/mol. The van der Waals surface area contributed by atoms with Gasteiger partial charge in [-0.3, -0.25) is 9.69 Å².